The van der Waals surface area contributed by atoms with Crippen LogP contribution in [0, 0.1) is 0 Å². The van der Waals surface area contributed by atoms with Crippen LogP contribution in [0.25, 0.3) is 22.3 Å². The molecule has 2 bridgehead atoms. The molecule has 4 nitrogen and oxygen atoms in total. The third-order valence-corrected chi connectivity index (χ3v) is 6.84. The Morgan fingerprint density at radius 1 is 0.515 bits per heavy atom. The maximum atomic E-state index is 9.31. The predicted octanol–water partition coefficient (Wildman–Crippen LogP) is 5.30. The normalized spacial score (nSPS) is 14.1. The minimum Gasteiger partial charge on any atom is -0.392 e. The van der Waals surface area contributed by atoms with Crippen molar-refractivity contribution in [3.05, 3.63) is 107 Å². The van der Waals surface area contributed by atoms with Gasteiger partial charge in [-0.2, -0.15) is 0 Å². The maximum Gasteiger partial charge on any atom is 0.0910 e. The molecule has 0 spiro atoms. The van der Waals surface area contributed by atoms with Gasteiger partial charge in [0.1, 0.15) is 0 Å². The first kappa shape index (κ1) is 20.0. The van der Waals surface area contributed by atoms with E-state index >= 15 is 0 Å². The summed E-state index contributed by atoms with van der Waals surface area (Å²) in [5.41, 5.74) is 12.0. The van der Waals surface area contributed by atoms with Crippen molar-refractivity contribution in [3.8, 4) is 22.3 Å². The number of hydrogen-bond acceptors (Lipinski definition) is 4. The van der Waals surface area contributed by atoms with Crippen LogP contribution < -0.4 is 9.80 Å². The maximum absolute atomic E-state index is 9.31. The lowest BCUT2D eigenvalue weighted by molar-refractivity contribution is 0.281. The molecule has 4 aromatic rings. The fraction of sp³-hybridized carbons (Fsp3) is 0.172. The summed E-state index contributed by atoms with van der Waals surface area (Å²) >= 11 is 0. The Kier molecular flexibility index (Phi) is 4.90. The molecule has 0 saturated carbocycles. The number of hydrogen-bond donors (Lipinski definition) is 2. The second kappa shape index (κ2) is 8.07. The fourth-order valence-electron chi connectivity index (χ4n) is 5.05. The van der Waals surface area contributed by atoms with Gasteiger partial charge in [-0.15, -0.1) is 0 Å². The highest BCUT2D eigenvalue weighted by Crippen LogP contribution is 2.40. The van der Waals surface area contributed by atoms with E-state index in [-0.39, 0.29) is 13.2 Å². The number of anilines is 2. The van der Waals surface area contributed by atoms with Gasteiger partial charge >= 0.3 is 0 Å². The smallest absolute Gasteiger partial charge is 0.0910 e. The van der Waals surface area contributed by atoms with Crippen LogP contribution in [0.4, 0.5) is 11.4 Å². The molecule has 4 aromatic carbocycles. The Labute approximate surface area is 194 Å². The van der Waals surface area contributed by atoms with Gasteiger partial charge in [-0.05, 0) is 68.8 Å². The predicted molar refractivity (Wildman–Crippen MR) is 133 cm³/mol. The first-order chi connectivity index (χ1) is 16.2. The van der Waals surface area contributed by atoms with Crippen molar-refractivity contribution in [2.24, 2.45) is 0 Å². The minimum atomic E-state index is 0.0729. The van der Waals surface area contributed by atoms with Crippen LogP contribution in [0.3, 0.4) is 0 Å². The van der Waals surface area contributed by atoms with Crippen LogP contribution in [-0.4, -0.2) is 16.9 Å². The van der Waals surface area contributed by atoms with E-state index in [4.69, 9.17) is 0 Å². The molecule has 4 heteroatoms. The van der Waals surface area contributed by atoms with E-state index in [2.05, 4.69) is 70.5 Å². The van der Waals surface area contributed by atoms with Gasteiger partial charge in [0.05, 0.1) is 19.9 Å². The summed E-state index contributed by atoms with van der Waals surface area (Å²) < 4.78 is 0. The Balaban J connectivity index is 1.30. The Morgan fingerprint density at radius 2 is 0.909 bits per heavy atom. The molecule has 2 aliphatic rings. The summed E-state index contributed by atoms with van der Waals surface area (Å²) in [6.45, 7) is 2.85. The molecule has 2 heterocycles. The molecule has 0 aliphatic carbocycles. The Morgan fingerprint density at radius 3 is 1.30 bits per heavy atom. The van der Waals surface area contributed by atoms with E-state index < -0.39 is 0 Å². The minimum absolute atomic E-state index is 0.0729. The van der Waals surface area contributed by atoms with E-state index in [0.717, 1.165) is 30.9 Å². The lowest BCUT2D eigenvalue weighted by Crippen LogP contribution is -2.46. The van der Waals surface area contributed by atoms with E-state index in [1.165, 1.54) is 44.8 Å². The van der Waals surface area contributed by atoms with Gasteiger partial charge in [0.2, 0.25) is 0 Å². The van der Waals surface area contributed by atoms with E-state index in [9.17, 15) is 10.2 Å². The zero-order valence-electron chi connectivity index (χ0n) is 18.4. The molecule has 33 heavy (non-hydrogen) atoms. The van der Waals surface area contributed by atoms with Crippen molar-refractivity contribution in [2.45, 2.75) is 26.3 Å². The van der Waals surface area contributed by atoms with Crippen molar-refractivity contribution in [2.75, 3.05) is 16.5 Å². The lowest BCUT2D eigenvalue weighted by Gasteiger charge is -2.45. The third-order valence-electron chi connectivity index (χ3n) is 6.84. The molecular formula is C29H26N2O2. The molecule has 0 saturated heterocycles. The Bertz CT molecular complexity index is 1210. The second-order valence-corrected chi connectivity index (χ2v) is 8.93. The number of rotatable bonds is 4. The molecule has 0 atom stereocenters. The van der Waals surface area contributed by atoms with Gasteiger partial charge in [0.25, 0.3) is 0 Å². The summed E-state index contributed by atoms with van der Waals surface area (Å²) in [6, 6.07) is 29.8. The first-order valence-corrected chi connectivity index (χ1v) is 11.4. The molecule has 0 radical (unpaired) electrons. The summed E-state index contributed by atoms with van der Waals surface area (Å²) in [5.74, 6) is 0. The number of aliphatic hydroxyl groups is 2. The molecule has 2 aliphatic heterocycles. The van der Waals surface area contributed by atoms with Crippen molar-refractivity contribution < 1.29 is 10.2 Å². The number of benzene rings is 4. The number of fused-ring (bicyclic) bond motifs is 6. The summed E-state index contributed by atoms with van der Waals surface area (Å²) in [7, 11) is 0. The average Bonchev–Trinajstić information content (AvgIpc) is 2.88. The first-order valence-electron chi connectivity index (χ1n) is 11.4. The molecule has 0 fully saturated rings. The monoisotopic (exact) mass is 434 g/mol. The van der Waals surface area contributed by atoms with Gasteiger partial charge < -0.3 is 20.0 Å². The standard InChI is InChI=1S/C29H26N2O2/c32-17-20-1-5-22(6-2-20)24-9-11-28-26(13-24)15-30-19-31(28)16-27-14-25(10-12-29(27)30)23-7-3-21(18-33)4-8-23/h1-14,32-33H,15-19H2. The van der Waals surface area contributed by atoms with Crippen molar-refractivity contribution >= 4 is 11.4 Å². The lowest BCUT2D eigenvalue weighted by atomic mass is 9.95. The van der Waals surface area contributed by atoms with Gasteiger partial charge in [0.15, 0.2) is 0 Å². The molecule has 6 rings (SSSR count). The SMILES string of the molecule is OCc1ccc(-c2ccc3c(c2)CN2CN3Cc3cc(-c4ccc(CO)cc4)ccc32)cc1. The van der Waals surface area contributed by atoms with Crippen LogP contribution >= 0.6 is 0 Å². The number of aliphatic hydroxyl groups excluding tert-OH is 2. The zero-order chi connectivity index (χ0) is 22.4. The highest BCUT2D eigenvalue weighted by atomic mass is 16.3. The van der Waals surface area contributed by atoms with Crippen LogP contribution in [0.5, 0.6) is 0 Å². The van der Waals surface area contributed by atoms with E-state index in [1.54, 1.807) is 0 Å². The largest absolute Gasteiger partial charge is 0.392 e. The highest BCUT2D eigenvalue weighted by molar-refractivity contribution is 5.76. The van der Waals surface area contributed by atoms with Crippen LogP contribution in [0.15, 0.2) is 84.9 Å². The molecule has 164 valence electrons. The van der Waals surface area contributed by atoms with Crippen molar-refractivity contribution in [3.63, 3.8) is 0 Å². The van der Waals surface area contributed by atoms with E-state index in [0.29, 0.717) is 0 Å². The quantitative estimate of drug-likeness (QED) is 0.457. The van der Waals surface area contributed by atoms with Gasteiger partial charge in [0, 0.05) is 24.5 Å². The highest BCUT2D eigenvalue weighted by Gasteiger charge is 2.29. The van der Waals surface area contributed by atoms with Crippen LogP contribution in [0.1, 0.15) is 22.3 Å². The third kappa shape index (κ3) is 3.58. The van der Waals surface area contributed by atoms with Crippen molar-refractivity contribution in [1.82, 2.24) is 0 Å². The zero-order valence-corrected chi connectivity index (χ0v) is 18.4. The molecule has 0 amide bonds. The van der Waals surface area contributed by atoms with Gasteiger partial charge in [-0.3, -0.25) is 0 Å². The van der Waals surface area contributed by atoms with Gasteiger partial charge in [-0.25, -0.2) is 0 Å². The average molecular weight is 435 g/mol. The van der Waals surface area contributed by atoms with Crippen LogP contribution in [-0.2, 0) is 26.3 Å². The summed E-state index contributed by atoms with van der Waals surface area (Å²) in [5, 5.41) is 18.6. The number of nitrogens with zero attached hydrogens (tertiary/aromatic N) is 2. The summed E-state index contributed by atoms with van der Waals surface area (Å²) in [6.07, 6.45) is 0. The second-order valence-electron chi connectivity index (χ2n) is 8.93. The topological polar surface area (TPSA) is 46.9 Å². The van der Waals surface area contributed by atoms with Gasteiger partial charge in [-0.1, -0.05) is 60.7 Å². The van der Waals surface area contributed by atoms with Crippen molar-refractivity contribution in [1.29, 1.82) is 0 Å². The summed E-state index contributed by atoms with van der Waals surface area (Å²) in [4.78, 5) is 4.91. The van der Waals surface area contributed by atoms with E-state index in [1.807, 2.05) is 24.3 Å². The van der Waals surface area contributed by atoms with Crippen LogP contribution in [0.2, 0.25) is 0 Å². The fourth-order valence-corrected chi connectivity index (χ4v) is 5.05. The Hall–Kier alpha value is -3.60. The molecule has 2 N–H and O–H groups in total. The molecule has 0 unspecified atom stereocenters. The molecule has 0 aromatic heterocycles. The molecular weight excluding hydrogens is 408 g/mol.